The summed E-state index contributed by atoms with van der Waals surface area (Å²) < 4.78 is 17.7. The van der Waals surface area contributed by atoms with Crippen LogP contribution in [0.2, 0.25) is 0 Å². The highest BCUT2D eigenvalue weighted by Gasteiger charge is 2.29. The minimum absolute atomic E-state index is 0.403. The number of carbonyl (C=O) groups is 1. The van der Waals surface area contributed by atoms with Crippen molar-refractivity contribution in [1.29, 1.82) is 0 Å². The van der Waals surface area contributed by atoms with Gasteiger partial charge in [0.1, 0.15) is 6.17 Å². The predicted molar refractivity (Wildman–Crippen MR) is 42.5 cm³/mol. The van der Waals surface area contributed by atoms with Gasteiger partial charge in [0.2, 0.25) is 0 Å². The molecule has 12 heavy (non-hydrogen) atoms. The van der Waals surface area contributed by atoms with E-state index in [0.29, 0.717) is 25.9 Å². The maximum atomic E-state index is 13.2. The van der Waals surface area contributed by atoms with Crippen LogP contribution in [0.5, 0.6) is 0 Å². The van der Waals surface area contributed by atoms with E-state index in [9.17, 15) is 9.18 Å². The Hall–Kier alpha value is -0.640. The first-order valence-corrected chi connectivity index (χ1v) is 4.18. The summed E-state index contributed by atoms with van der Waals surface area (Å²) in [7, 11) is 1.30. The SMILES string of the molecule is COC(=O)[C@H]1CCNCC[C@H]1F. The highest BCUT2D eigenvalue weighted by atomic mass is 19.1. The lowest BCUT2D eigenvalue weighted by molar-refractivity contribution is -0.147. The Bertz CT molecular complexity index is 163. The molecule has 1 aliphatic rings. The molecule has 0 bridgehead atoms. The molecule has 4 heteroatoms. The van der Waals surface area contributed by atoms with E-state index in [2.05, 4.69) is 10.1 Å². The number of rotatable bonds is 1. The van der Waals surface area contributed by atoms with Crippen LogP contribution in [0.25, 0.3) is 0 Å². The molecule has 70 valence electrons. The van der Waals surface area contributed by atoms with Crippen molar-refractivity contribution >= 4 is 5.97 Å². The van der Waals surface area contributed by atoms with Crippen LogP contribution >= 0.6 is 0 Å². The molecule has 1 aliphatic heterocycles. The number of nitrogens with one attached hydrogen (secondary N) is 1. The molecule has 0 unspecified atom stereocenters. The summed E-state index contributed by atoms with van der Waals surface area (Å²) >= 11 is 0. The molecular weight excluding hydrogens is 161 g/mol. The lowest BCUT2D eigenvalue weighted by Crippen LogP contribution is -2.26. The van der Waals surface area contributed by atoms with E-state index in [1.807, 2.05) is 0 Å². The minimum atomic E-state index is -1.05. The molecule has 0 aromatic heterocycles. The number of hydrogen-bond donors (Lipinski definition) is 1. The Morgan fingerprint density at radius 2 is 2.17 bits per heavy atom. The highest BCUT2D eigenvalue weighted by Crippen LogP contribution is 2.18. The van der Waals surface area contributed by atoms with E-state index in [4.69, 9.17) is 0 Å². The molecule has 3 nitrogen and oxygen atoms in total. The summed E-state index contributed by atoms with van der Waals surface area (Å²) in [5.74, 6) is -0.990. The van der Waals surface area contributed by atoms with E-state index in [1.165, 1.54) is 7.11 Å². The molecule has 0 saturated carbocycles. The Morgan fingerprint density at radius 1 is 1.50 bits per heavy atom. The molecule has 0 aromatic carbocycles. The van der Waals surface area contributed by atoms with Gasteiger partial charge in [-0.15, -0.1) is 0 Å². The molecular formula is C8H14FNO2. The zero-order valence-corrected chi connectivity index (χ0v) is 7.18. The maximum Gasteiger partial charge on any atom is 0.311 e. The first kappa shape index (κ1) is 9.45. The van der Waals surface area contributed by atoms with Gasteiger partial charge in [0.15, 0.2) is 0 Å². The van der Waals surface area contributed by atoms with Gasteiger partial charge in [0.05, 0.1) is 13.0 Å². The fourth-order valence-electron chi connectivity index (χ4n) is 1.42. The smallest absolute Gasteiger partial charge is 0.311 e. The van der Waals surface area contributed by atoms with Crippen LogP contribution in [0.1, 0.15) is 12.8 Å². The fraction of sp³-hybridized carbons (Fsp3) is 0.875. The number of esters is 1. The van der Waals surface area contributed by atoms with Gasteiger partial charge >= 0.3 is 5.97 Å². The van der Waals surface area contributed by atoms with Gasteiger partial charge in [-0.25, -0.2) is 4.39 Å². The molecule has 0 aliphatic carbocycles. The van der Waals surface area contributed by atoms with Gasteiger partial charge < -0.3 is 10.1 Å². The van der Waals surface area contributed by atoms with Crippen molar-refractivity contribution in [3.8, 4) is 0 Å². The normalized spacial score (nSPS) is 30.8. The molecule has 1 heterocycles. The topological polar surface area (TPSA) is 38.3 Å². The van der Waals surface area contributed by atoms with Crippen molar-refractivity contribution < 1.29 is 13.9 Å². The number of alkyl halides is 1. The quantitative estimate of drug-likeness (QED) is 0.590. The molecule has 0 spiro atoms. The lowest BCUT2D eigenvalue weighted by atomic mass is 9.99. The predicted octanol–water partition coefficient (Wildman–Crippen LogP) is 0.497. The number of ether oxygens (including phenoxy) is 1. The van der Waals surface area contributed by atoms with Crippen molar-refractivity contribution in [3.63, 3.8) is 0 Å². The summed E-state index contributed by atoms with van der Waals surface area (Å²) in [6.45, 7) is 1.34. The summed E-state index contributed by atoms with van der Waals surface area (Å²) in [5.41, 5.74) is 0. The average Bonchev–Trinajstić information content (AvgIpc) is 2.28. The second-order valence-electron chi connectivity index (χ2n) is 2.97. The second-order valence-corrected chi connectivity index (χ2v) is 2.97. The van der Waals surface area contributed by atoms with Gasteiger partial charge in [-0.3, -0.25) is 4.79 Å². The fourth-order valence-corrected chi connectivity index (χ4v) is 1.42. The van der Waals surface area contributed by atoms with Crippen LogP contribution in [0.4, 0.5) is 4.39 Å². The summed E-state index contributed by atoms with van der Waals surface area (Å²) in [6, 6.07) is 0. The Morgan fingerprint density at radius 3 is 2.83 bits per heavy atom. The molecule has 1 rings (SSSR count). The van der Waals surface area contributed by atoms with E-state index in [0.717, 1.165) is 0 Å². The molecule has 2 atom stereocenters. The number of methoxy groups -OCH3 is 1. The first-order chi connectivity index (χ1) is 5.75. The third-order valence-corrected chi connectivity index (χ3v) is 2.17. The molecule has 1 fully saturated rings. The molecule has 1 N–H and O–H groups in total. The van der Waals surface area contributed by atoms with Crippen molar-refractivity contribution in [2.24, 2.45) is 5.92 Å². The van der Waals surface area contributed by atoms with Crippen LogP contribution in [0, 0.1) is 5.92 Å². The third kappa shape index (κ3) is 2.17. The van der Waals surface area contributed by atoms with Crippen LogP contribution in [-0.4, -0.2) is 32.3 Å². The van der Waals surface area contributed by atoms with Crippen molar-refractivity contribution in [1.82, 2.24) is 5.32 Å². The highest BCUT2D eigenvalue weighted by molar-refractivity contribution is 5.73. The first-order valence-electron chi connectivity index (χ1n) is 4.18. The molecule has 0 amide bonds. The summed E-state index contributed by atoms with van der Waals surface area (Å²) in [6.07, 6.45) is -0.111. The van der Waals surface area contributed by atoms with Gasteiger partial charge in [0.25, 0.3) is 0 Å². The van der Waals surface area contributed by atoms with Crippen molar-refractivity contribution in [2.75, 3.05) is 20.2 Å². The maximum absolute atomic E-state index is 13.2. The van der Waals surface area contributed by atoms with E-state index in [-0.39, 0.29) is 0 Å². The molecule has 0 aromatic rings. The largest absolute Gasteiger partial charge is 0.469 e. The third-order valence-electron chi connectivity index (χ3n) is 2.17. The minimum Gasteiger partial charge on any atom is -0.469 e. The zero-order valence-electron chi connectivity index (χ0n) is 7.18. The number of halogens is 1. The Labute approximate surface area is 71.3 Å². The van der Waals surface area contributed by atoms with E-state index >= 15 is 0 Å². The Kier molecular flexibility index (Phi) is 3.47. The molecule has 0 radical (unpaired) electrons. The van der Waals surface area contributed by atoms with Crippen LogP contribution in [-0.2, 0) is 9.53 Å². The summed E-state index contributed by atoms with van der Waals surface area (Å²) in [5, 5.41) is 3.04. The standard InChI is InChI=1S/C8H14FNO2/c1-12-8(11)6-2-4-10-5-3-7(6)9/h6-7,10H,2-5H2,1H3/t6-,7+/m0/s1. The van der Waals surface area contributed by atoms with Crippen molar-refractivity contribution in [2.45, 2.75) is 19.0 Å². The zero-order chi connectivity index (χ0) is 8.97. The van der Waals surface area contributed by atoms with E-state index < -0.39 is 18.1 Å². The van der Waals surface area contributed by atoms with E-state index in [1.54, 1.807) is 0 Å². The van der Waals surface area contributed by atoms with Gasteiger partial charge in [-0.1, -0.05) is 0 Å². The van der Waals surface area contributed by atoms with Crippen LogP contribution in [0.3, 0.4) is 0 Å². The number of carbonyl (C=O) groups excluding carboxylic acids is 1. The van der Waals surface area contributed by atoms with Crippen LogP contribution in [0.15, 0.2) is 0 Å². The monoisotopic (exact) mass is 175 g/mol. The summed E-state index contributed by atoms with van der Waals surface area (Å²) in [4.78, 5) is 11.0. The van der Waals surface area contributed by atoms with Gasteiger partial charge in [-0.05, 0) is 25.9 Å². The lowest BCUT2D eigenvalue weighted by Gasteiger charge is -2.14. The molecule has 1 saturated heterocycles. The van der Waals surface area contributed by atoms with Crippen molar-refractivity contribution in [3.05, 3.63) is 0 Å². The Balaban J connectivity index is 2.52. The number of hydrogen-bond acceptors (Lipinski definition) is 3. The van der Waals surface area contributed by atoms with Gasteiger partial charge in [-0.2, -0.15) is 0 Å². The average molecular weight is 175 g/mol. The van der Waals surface area contributed by atoms with Crippen LogP contribution < -0.4 is 5.32 Å². The van der Waals surface area contributed by atoms with Gasteiger partial charge in [0, 0.05) is 0 Å². The second kappa shape index (κ2) is 4.40.